The van der Waals surface area contributed by atoms with E-state index in [4.69, 9.17) is 19.7 Å². The number of nitrogen functional groups attached to an aromatic ring is 1. The smallest absolute Gasteiger partial charge is 0.403 e. The number of methoxy groups -OCH3 is 1. The fraction of sp³-hybridized carbons (Fsp3) is 0.556. The lowest BCUT2D eigenvalue weighted by Gasteiger charge is -2.20. The van der Waals surface area contributed by atoms with Crippen molar-refractivity contribution >= 4 is 30.8 Å². The number of hydrogen-bond acceptors (Lipinski definition) is 9. The Morgan fingerprint density at radius 1 is 1.39 bits per heavy atom. The molecule has 1 unspecified atom stereocenters. The van der Waals surface area contributed by atoms with E-state index < -0.39 is 19.8 Å². The molecule has 2 aromatic rings. The molecule has 0 aromatic carbocycles. The van der Waals surface area contributed by atoms with Gasteiger partial charge in [0.2, 0.25) is 11.8 Å². The first-order valence-electron chi connectivity index (χ1n) is 9.77. The molecule has 4 atom stereocenters. The predicted molar refractivity (Wildman–Crippen MR) is 112 cm³/mol. The molecule has 0 saturated carbocycles. The molecule has 1 aliphatic carbocycles. The predicted octanol–water partition coefficient (Wildman–Crippen LogP) is 1.58. The van der Waals surface area contributed by atoms with Gasteiger partial charge in [0, 0.05) is 5.92 Å². The Balaban J connectivity index is 1.59. The number of esters is 1. The van der Waals surface area contributed by atoms with Crippen molar-refractivity contribution in [3.63, 3.8) is 0 Å². The highest BCUT2D eigenvalue weighted by Crippen LogP contribution is 2.40. The van der Waals surface area contributed by atoms with Gasteiger partial charge < -0.3 is 24.7 Å². The number of hydrogen-bond donors (Lipinski definition) is 3. The number of nitrogens with zero attached hydrogens (tertiary/aromatic N) is 4. The van der Waals surface area contributed by atoms with Gasteiger partial charge in [-0.05, 0) is 27.2 Å². The lowest BCUT2D eigenvalue weighted by molar-refractivity contribution is -0.149. The van der Waals surface area contributed by atoms with Crippen LogP contribution in [0, 0.1) is 5.92 Å². The van der Waals surface area contributed by atoms with Crippen molar-refractivity contribution in [3.05, 3.63) is 18.5 Å². The van der Waals surface area contributed by atoms with E-state index in [9.17, 15) is 14.3 Å². The molecule has 0 saturated heterocycles. The number of fused-ring (bicyclic) bond motifs is 1. The van der Waals surface area contributed by atoms with Crippen LogP contribution in [0.3, 0.4) is 0 Å². The number of carbonyl (C=O) groups excluding carboxylic acids is 1. The molecular weight excluding hydrogens is 427 g/mol. The summed E-state index contributed by atoms with van der Waals surface area (Å²) in [4.78, 5) is 34.4. The molecule has 0 fully saturated rings. The lowest BCUT2D eigenvalue weighted by Crippen LogP contribution is -2.35. The summed E-state index contributed by atoms with van der Waals surface area (Å²) in [6.45, 7) is 4.83. The average Bonchev–Trinajstić information content (AvgIpc) is 3.31. The molecule has 0 radical (unpaired) electrons. The first-order valence-corrected chi connectivity index (χ1v) is 11.4. The Hall–Kier alpha value is -2.53. The van der Waals surface area contributed by atoms with Crippen LogP contribution in [0.25, 0.3) is 11.2 Å². The summed E-state index contributed by atoms with van der Waals surface area (Å²) < 4.78 is 29.6. The second-order valence-electron chi connectivity index (χ2n) is 7.52. The molecule has 0 aliphatic heterocycles. The van der Waals surface area contributed by atoms with Crippen molar-refractivity contribution in [3.8, 4) is 5.88 Å². The van der Waals surface area contributed by atoms with Crippen LogP contribution >= 0.6 is 7.75 Å². The quantitative estimate of drug-likeness (QED) is 0.286. The van der Waals surface area contributed by atoms with Crippen molar-refractivity contribution in [2.45, 2.75) is 45.4 Å². The molecule has 13 heteroatoms. The minimum atomic E-state index is -4.19. The van der Waals surface area contributed by atoms with Crippen LogP contribution in [0.1, 0.15) is 33.2 Å². The fourth-order valence-electron chi connectivity index (χ4n) is 3.24. The maximum atomic E-state index is 12.3. The van der Waals surface area contributed by atoms with Crippen LogP contribution in [0.15, 0.2) is 18.5 Å². The standard InChI is InChI=1S/C18H27N6O6P/c1-10(2)30-17(25)11(3)23-31(26,27)29-8-12-5-6-13(7-12)24-9-20-14-15(24)21-18(19)22-16(14)28-4/h5-6,9-13H,7-8H2,1-4H3,(H2,19,21,22)(H2,23,26,27)/t11-,12+,13-/m0/s1. The Bertz CT molecular complexity index is 1020. The molecule has 1 aliphatic rings. The Kier molecular flexibility index (Phi) is 6.95. The zero-order valence-electron chi connectivity index (χ0n) is 17.8. The van der Waals surface area contributed by atoms with Gasteiger partial charge in [0.25, 0.3) is 0 Å². The summed E-state index contributed by atoms with van der Waals surface area (Å²) >= 11 is 0. The van der Waals surface area contributed by atoms with E-state index in [0.29, 0.717) is 23.5 Å². The molecule has 0 amide bonds. The number of anilines is 1. The normalized spacial score (nSPS) is 21.4. The van der Waals surface area contributed by atoms with E-state index >= 15 is 0 Å². The van der Waals surface area contributed by atoms with E-state index in [-0.39, 0.29) is 30.6 Å². The van der Waals surface area contributed by atoms with Crippen molar-refractivity contribution < 1.29 is 28.3 Å². The third-order valence-corrected chi connectivity index (χ3v) is 5.85. The van der Waals surface area contributed by atoms with Gasteiger partial charge in [0.05, 0.1) is 32.2 Å². The topological polar surface area (TPSA) is 164 Å². The van der Waals surface area contributed by atoms with E-state index in [1.807, 2.05) is 16.7 Å². The molecular formula is C18H27N6O6P. The highest BCUT2D eigenvalue weighted by atomic mass is 31.2. The highest BCUT2D eigenvalue weighted by Gasteiger charge is 2.30. The van der Waals surface area contributed by atoms with E-state index in [1.165, 1.54) is 14.0 Å². The van der Waals surface area contributed by atoms with Crippen LogP contribution in [-0.2, 0) is 18.6 Å². The van der Waals surface area contributed by atoms with Gasteiger partial charge in [-0.2, -0.15) is 9.97 Å². The van der Waals surface area contributed by atoms with Gasteiger partial charge in [-0.3, -0.25) is 9.32 Å². The molecule has 2 heterocycles. The summed E-state index contributed by atoms with van der Waals surface area (Å²) in [5.41, 5.74) is 6.79. The van der Waals surface area contributed by atoms with Gasteiger partial charge in [-0.15, -0.1) is 0 Å². The monoisotopic (exact) mass is 454 g/mol. The van der Waals surface area contributed by atoms with Gasteiger partial charge in [0.1, 0.15) is 6.04 Å². The fourth-order valence-corrected chi connectivity index (χ4v) is 4.30. The second kappa shape index (κ2) is 9.31. The number of nitrogens with one attached hydrogen (secondary N) is 1. The molecule has 31 heavy (non-hydrogen) atoms. The van der Waals surface area contributed by atoms with Gasteiger partial charge >= 0.3 is 13.7 Å². The van der Waals surface area contributed by atoms with Crippen molar-refractivity contribution in [2.24, 2.45) is 5.92 Å². The van der Waals surface area contributed by atoms with Crippen LogP contribution in [0.5, 0.6) is 5.88 Å². The number of imidazole rings is 1. The van der Waals surface area contributed by atoms with Gasteiger partial charge in [-0.25, -0.2) is 14.6 Å². The Morgan fingerprint density at radius 2 is 2.13 bits per heavy atom. The maximum Gasteiger partial charge on any atom is 0.403 e. The van der Waals surface area contributed by atoms with E-state index in [2.05, 4.69) is 20.0 Å². The van der Waals surface area contributed by atoms with Gasteiger partial charge in [-0.1, -0.05) is 12.2 Å². The Morgan fingerprint density at radius 3 is 2.81 bits per heavy atom. The van der Waals surface area contributed by atoms with E-state index in [1.54, 1.807) is 20.2 Å². The highest BCUT2D eigenvalue weighted by molar-refractivity contribution is 7.50. The van der Waals surface area contributed by atoms with E-state index in [0.717, 1.165) is 0 Å². The zero-order chi connectivity index (χ0) is 22.8. The number of aromatic nitrogens is 4. The van der Waals surface area contributed by atoms with Crippen molar-refractivity contribution in [1.82, 2.24) is 24.6 Å². The molecule has 0 bridgehead atoms. The number of allylic oxidation sites excluding steroid dienone is 1. The van der Waals surface area contributed by atoms with Crippen LogP contribution in [0.2, 0.25) is 0 Å². The van der Waals surface area contributed by atoms with Crippen LogP contribution in [0.4, 0.5) is 5.95 Å². The summed E-state index contributed by atoms with van der Waals surface area (Å²) in [5.74, 6) is -0.382. The average molecular weight is 454 g/mol. The molecule has 0 spiro atoms. The minimum Gasteiger partial charge on any atom is -0.479 e. The number of nitrogens with two attached hydrogens (primary N) is 1. The second-order valence-corrected chi connectivity index (χ2v) is 9.07. The molecule has 4 N–H and O–H groups in total. The first kappa shape index (κ1) is 23.1. The maximum absolute atomic E-state index is 12.3. The molecule has 2 aromatic heterocycles. The largest absolute Gasteiger partial charge is 0.479 e. The number of rotatable bonds is 9. The molecule has 170 valence electrons. The van der Waals surface area contributed by atoms with Crippen LogP contribution < -0.4 is 15.6 Å². The van der Waals surface area contributed by atoms with Crippen LogP contribution in [-0.4, -0.2) is 56.2 Å². The summed E-state index contributed by atoms with van der Waals surface area (Å²) in [6.07, 6.45) is 5.74. The molecule has 3 rings (SSSR count). The lowest BCUT2D eigenvalue weighted by atomic mass is 10.1. The SMILES string of the molecule is COc1nc(N)nc2c1ncn2[C@H]1C=C[C@@H](COP(=O)(O)N[C@@H](C)C(=O)OC(C)C)C1. The first-order chi connectivity index (χ1) is 14.6. The van der Waals surface area contributed by atoms with Crippen molar-refractivity contribution in [1.29, 1.82) is 0 Å². The third-order valence-electron chi connectivity index (χ3n) is 4.63. The summed E-state index contributed by atoms with van der Waals surface area (Å²) in [5, 5.41) is 2.30. The third kappa shape index (κ3) is 5.59. The summed E-state index contributed by atoms with van der Waals surface area (Å²) in [6, 6.07) is -1.08. The Labute approximate surface area is 179 Å². The van der Waals surface area contributed by atoms with Gasteiger partial charge in [0.15, 0.2) is 11.2 Å². The minimum absolute atomic E-state index is 0.00714. The number of carbonyl (C=O) groups is 1. The zero-order valence-corrected chi connectivity index (χ0v) is 18.7. The number of ether oxygens (including phenoxy) is 2. The molecule has 12 nitrogen and oxygen atoms in total. The van der Waals surface area contributed by atoms with Crippen molar-refractivity contribution in [2.75, 3.05) is 19.5 Å². The summed E-state index contributed by atoms with van der Waals surface area (Å²) in [7, 11) is -2.71.